The van der Waals surface area contributed by atoms with Crippen molar-refractivity contribution >= 4 is 22.9 Å². The number of likely N-dealkylation sites (N-methyl/N-ethyl adjacent to an activating group) is 1. The summed E-state index contributed by atoms with van der Waals surface area (Å²) in [6, 6.07) is 6.22. The third kappa shape index (κ3) is 4.89. The van der Waals surface area contributed by atoms with Crippen LogP contribution in [0.4, 0.5) is 5.69 Å². The average molecular weight is 360 g/mol. The Hall–Kier alpha value is -1.72. The Labute approximate surface area is 155 Å². The summed E-state index contributed by atoms with van der Waals surface area (Å²) in [5, 5.41) is 4.18. The van der Waals surface area contributed by atoms with Crippen molar-refractivity contribution in [3.05, 3.63) is 44.9 Å². The highest BCUT2D eigenvalue weighted by molar-refractivity contribution is 7.11. The van der Waals surface area contributed by atoms with Gasteiger partial charge in [-0.1, -0.05) is 31.5 Å². The molecule has 2 rings (SSSR count). The highest BCUT2D eigenvalue weighted by Gasteiger charge is 2.21. The Morgan fingerprint density at radius 1 is 1.24 bits per heavy atom. The molecule has 0 saturated heterocycles. The number of nitrogens with one attached hydrogen (secondary N) is 1. The molecule has 1 atom stereocenters. The first-order valence-corrected chi connectivity index (χ1v) is 9.55. The molecule has 1 N–H and O–H groups in total. The van der Waals surface area contributed by atoms with Gasteiger partial charge in [-0.15, -0.1) is 11.3 Å². The minimum atomic E-state index is 0.00699. The lowest BCUT2D eigenvalue weighted by molar-refractivity contribution is -0.117. The van der Waals surface area contributed by atoms with E-state index in [1.54, 1.807) is 11.3 Å². The standard InChI is InChI=1S/C20H29N3OS/c1-12(2)20-21-15(5)19(25-20)16(6)23(7)11-18(24)22-17-9-8-13(3)10-14(17)4/h8-10,12,16H,11H2,1-7H3,(H,22,24)/t16-/m1/s1. The first kappa shape index (κ1) is 19.6. The molecule has 0 fully saturated rings. The Balaban J connectivity index is 2.03. The van der Waals surface area contributed by atoms with Crippen molar-refractivity contribution in [1.82, 2.24) is 9.88 Å². The summed E-state index contributed by atoms with van der Waals surface area (Å²) in [4.78, 5) is 20.4. The zero-order chi connectivity index (χ0) is 18.7. The van der Waals surface area contributed by atoms with E-state index in [9.17, 15) is 4.79 Å². The van der Waals surface area contributed by atoms with Gasteiger partial charge >= 0.3 is 0 Å². The van der Waals surface area contributed by atoms with Crippen LogP contribution in [0, 0.1) is 20.8 Å². The summed E-state index contributed by atoms with van der Waals surface area (Å²) in [6.45, 7) is 12.9. The molecular weight excluding hydrogens is 330 g/mol. The zero-order valence-corrected chi connectivity index (χ0v) is 17.1. The van der Waals surface area contributed by atoms with Gasteiger partial charge in [0.15, 0.2) is 0 Å². The van der Waals surface area contributed by atoms with E-state index in [0.717, 1.165) is 22.0 Å². The molecule has 4 nitrogen and oxygen atoms in total. The number of aryl methyl sites for hydroxylation is 3. The van der Waals surface area contributed by atoms with E-state index >= 15 is 0 Å². The van der Waals surface area contributed by atoms with Crippen molar-refractivity contribution in [3.8, 4) is 0 Å². The summed E-state index contributed by atoms with van der Waals surface area (Å²) in [7, 11) is 1.99. The second-order valence-electron chi connectivity index (χ2n) is 7.11. The number of anilines is 1. The minimum Gasteiger partial charge on any atom is -0.325 e. The van der Waals surface area contributed by atoms with Crippen LogP contribution in [0.25, 0.3) is 0 Å². The van der Waals surface area contributed by atoms with Crippen LogP contribution in [0.15, 0.2) is 18.2 Å². The molecule has 0 aliphatic carbocycles. The van der Waals surface area contributed by atoms with E-state index in [1.165, 1.54) is 10.4 Å². The van der Waals surface area contributed by atoms with E-state index < -0.39 is 0 Å². The maximum Gasteiger partial charge on any atom is 0.238 e. The number of hydrogen-bond acceptors (Lipinski definition) is 4. The van der Waals surface area contributed by atoms with Gasteiger partial charge in [0.2, 0.25) is 5.91 Å². The summed E-state index contributed by atoms with van der Waals surface area (Å²) < 4.78 is 0. The highest BCUT2D eigenvalue weighted by atomic mass is 32.1. The molecule has 0 aliphatic heterocycles. The molecule has 0 unspecified atom stereocenters. The Bertz CT molecular complexity index is 751. The highest BCUT2D eigenvalue weighted by Crippen LogP contribution is 2.31. The first-order chi connectivity index (χ1) is 11.7. The lowest BCUT2D eigenvalue weighted by Gasteiger charge is -2.23. The van der Waals surface area contributed by atoms with Gasteiger partial charge in [0, 0.05) is 22.5 Å². The van der Waals surface area contributed by atoms with Crippen LogP contribution in [0.1, 0.15) is 59.4 Å². The molecule has 1 aromatic heterocycles. The monoisotopic (exact) mass is 359 g/mol. The van der Waals surface area contributed by atoms with Gasteiger partial charge in [0.25, 0.3) is 0 Å². The quantitative estimate of drug-likeness (QED) is 0.804. The molecule has 0 aliphatic rings. The molecule has 2 aromatic rings. The summed E-state index contributed by atoms with van der Waals surface area (Å²) in [5.74, 6) is 0.440. The van der Waals surface area contributed by atoms with Gasteiger partial charge < -0.3 is 5.32 Å². The average Bonchev–Trinajstić information content (AvgIpc) is 2.91. The molecule has 25 heavy (non-hydrogen) atoms. The van der Waals surface area contributed by atoms with Crippen LogP contribution in [-0.4, -0.2) is 29.4 Å². The number of aromatic nitrogens is 1. The summed E-state index contributed by atoms with van der Waals surface area (Å²) in [5.41, 5.74) is 4.24. The molecule has 1 aromatic carbocycles. The maximum absolute atomic E-state index is 12.4. The van der Waals surface area contributed by atoms with E-state index in [2.05, 4.69) is 55.9 Å². The minimum absolute atomic E-state index is 0.00699. The van der Waals surface area contributed by atoms with Gasteiger partial charge in [-0.3, -0.25) is 9.69 Å². The number of nitrogens with zero attached hydrogens (tertiary/aromatic N) is 2. The van der Waals surface area contributed by atoms with Crippen LogP contribution in [-0.2, 0) is 4.79 Å². The van der Waals surface area contributed by atoms with Gasteiger partial charge in [-0.2, -0.15) is 0 Å². The number of carbonyl (C=O) groups excluding carboxylic acids is 1. The zero-order valence-electron chi connectivity index (χ0n) is 16.3. The van der Waals surface area contributed by atoms with Crippen molar-refractivity contribution in [2.45, 2.75) is 53.5 Å². The number of carbonyl (C=O) groups is 1. The fourth-order valence-electron chi connectivity index (χ4n) is 2.77. The van der Waals surface area contributed by atoms with Crippen molar-refractivity contribution in [2.75, 3.05) is 18.9 Å². The normalized spacial score (nSPS) is 12.7. The van der Waals surface area contributed by atoms with Crippen LogP contribution in [0.3, 0.4) is 0 Å². The molecule has 0 saturated carbocycles. The van der Waals surface area contributed by atoms with Crippen molar-refractivity contribution in [2.24, 2.45) is 0 Å². The largest absolute Gasteiger partial charge is 0.325 e. The SMILES string of the molecule is Cc1ccc(NC(=O)CN(C)[C@H](C)c2sc(C(C)C)nc2C)c(C)c1. The second kappa shape index (κ2) is 8.11. The van der Waals surface area contributed by atoms with Crippen molar-refractivity contribution < 1.29 is 4.79 Å². The maximum atomic E-state index is 12.4. The Morgan fingerprint density at radius 3 is 2.48 bits per heavy atom. The number of rotatable bonds is 6. The number of benzene rings is 1. The third-order valence-corrected chi connectivity index (χ3v) is 6.06. The predicted octanol–water partition coefficient (Wildman–Crippen LogP) is 4.82. The Kier molecular flexibility index (Phi) is 6.36. The molecule has 136 valence electrons. The van der Waals surface area contributed by atoms with Gasteiger partial charge in [0.05, 0.1) is 17.2 Å². The van der Waals surface area contributed by atoms with Gasteiger partial charge in [0.1, 0.15) is 0 Å². The van der Waals surface area contributed by atoms with Crippen LogP contribution in [0.2, 0.25) is 0 Å². The van der Waals surface area contributed by atoms with E-state index in [-0.39, 0.29) is 11.9 Å². The molecular formula is C20H29N3OS. The molecule has 1 amide bonds. The van der Waals surface area contributed by atoms with E-state index in [1.807, 2.05) is 26.1 Å². The van der Waals surface area contributed by atoms with Crippen LogP contribution >= 0.6 is 11.3 Å². The number of thiazole rings is 1. The van der Waals surface area contributed by atoms with Crippen molar-refractivity contribution in [1.29, 1.82) is 0 Å². The first-order valence-electron chi connectivity index (χ1n) is 8.73. The van der Waals surface area contributed by atoms with Crippen LogP contribution in [0.5, 0.6) is 0 Å². The molecule has 1 heterocycles. The van der Waals surface area contributed by atoms with E-state index in [0.29, 0.717) is 12.5 Å². The van der Waals surface area contributed by atoms with Crippen molar-refractivity contribution in [3.63, 3.8) is 0 Å². The topological polar surface area (TPSA) is 45.2 Å². The van der Waals surface area contributed by atoms with Gasteiger partial charge in [-0.25, -0.2) is 4.98 Å². The molecule has 0 spiro atoms. The fraction of sp³-hybridized carbons (Fsp3) is 0.500. The smallest absolute Gasteiger partial charge is 0.238 e. The summed E-state index contributed by atoms with van der Waals surface area (Å²) >= 11 is 1.75. The summed E-state index contributed by atoms with van der Waals surface area (Å²) in [6.07, 6.45) is 0. The fourth-order valence-corrected chi connectivity index (χ4v) is 3.96. The Morgan fingerprint density at radius 2 is 1.92 bits per heavy atom. The predicted molar refractivity (Wildman–Crippen MR) is 107 cm³/mol. The van der Waals surface area contributed by atoms with Gasteiger partial charge in [-0.05, 0) is 46.4 Å². The third-order valence-electron chi connectivity index (χ3n) is 4.43. The lowest BCUT2D eigenvalue weighted by atomic mass is 10.1. The lowest BCUT2D eigenvalue weighted by Crippen LogP contribution is -2.32. The number of hydrogen-bond donors (Lipinski definition) is 1. The molecule has 5 heteroatoms. The molecule has 0 radical (unpaired) electrons. The number of amides is 1. The van der Waals surface area contributed by atoms with E-state index in [4.69, 9.17) is 0 Å². The second-order valence-corrected chi connectivity index (χ2v) is 8.18. The van der Waals surface area contributed by atoms with Crippen LogP contribution < -0.4 is 5.32 Å². The molecule has 0 bridgehead atoms.